The maximum Gasteiger partial charge on any atom is 0.293 e. The Bertz CT molecular complexity index is 722. The van der Waals surface area contributed by atoms with Gasteiger partial charge in [0.15, 0.2) is 11.6 Å². The number of anilines is 1. The van der Waals surface area contributed by atoms with Gasteiger partial charge >= 0.3 is 0 Å². The van der Waals surface area contributed by atoms with Crippen LogP contribution in [0.5, 0.6) is 0 Å². The number of aromatic nitrogens is 2. The standard InChI is InChI=1S/C13H8BrN3O2S/c14-9-5-3-8(4-6-9)11-15-13(20-17-11)16-12(18)10-2-1-7-19-10/h1-7H,(H,15,16,17,18). The van der Waals surface area contributed by atoms with Crippen molar-refractivity contribution in [1.82, 2.24) is 9.36 Å². The normalized spacial score (nSPS) is 10.4. The van der Waals surface area contributed by atoms with Crippen LogP contribution in [0.15, 0.2) is 51.6 Å². The van der Waals surface area contributed by atoms with Crippen molar-refractivity contribution in [2.75, 3.05) is 5.32 Å². The van der Waals surface area contributed by atoms with Crippen molar-refractivity contribution >= 4 is 38.5 Å². The molecule has 0 saturated heterocycles. The second kappa shape index (κ2) is 5.56. The van der Waals surface area contributed by atoms with E-state index in [0.717, 1.165) is 21.6 Å². The molecule has 2 aromatic heterocycles. The van der Waals surface area contributed by atoms with Crippen LogP contribution in [0, 0.1) is 0 Å². The predicted molar refractivity (Wildman–Crippen MR) is 79.7 cm³/mol. The molecule has 20 heavy (non-hydrogen) atoms. The van der Waals surface area contributed by atoms with Gasteiger partial charge in [0.1, 0.15) is 0 Å². The van der Waals surface area contributed by atoms with E-state index in [-0.39, 0.29) is 11.7 Å². The molecule has 0 bridgehead atoms. The van der Waals surface area contributed by atoms with E-state index in [1.165, 1.54) is 6.26 Å². The molecule has 0 radical (unpaired) electrons. The lowest BCUT2D eigenvalue weighted by Gasteiger charge is -1.97. The number of nitrogens with zero attached hydrogens (tertiary/aromatic N) is 2. The molecular weight excluding hydrogens is 342 g/mol. The average molecular weight is 350 g/mol. The van der Waals surface area contributed by atoms with Crippen LogP contribution in [-0.2, 0) is 0 Å². The van der Waals surface area contributed by atoms with Crippen LogP contribution in [0.3, 0.4) is 0 Å². The number of hydrogen-bond donors (Lipinski definition) is 1. The Morgan fingerprint density at radius 2 is 2.05 bits per heavy atom. The molecule has 1 N–H and O–H groups in total. The minimum absolute atomic E-state index is 0.241. The van der Waals surface area contributed by atoms with E-state index in [1.54, 1.807) is 12.1 Å². The zero-order valence-electron chi connectivity index (χ0n) is 10.0. The van der Waals surface area contributed by atoms with Crippen LogP contribution in [0.1, 0.15) is 10.6 Å². The molecule has 3 aromatic rings. The molecule has 0 aliphatic heterocycles. The van der Waals surface area contributed by atoms with Gasteiger partial charge in [0.25, 0.3) is 5.91 Å². The molecule has 0 aliphatic carbocycles. The fourth-order valence-corrected chi connectivity index (χ4v) is 2.41. The van der Waals surface area contributed by atoms with Gasteiger partial charge in [-0.25, -0.2) is 0 Å². The summed E-state index contributed by atoms with van der Waals surface area (Å²) >= 11 is 4.50. The zero-order chi connectivity index (χ0) is 13.9. The van der Waals surface area contributed by atoms with Crippen LogP contribution in [0.2, 0.25) is 0 Å². The third-order valence-electron chi connectivity index (χ3n) is 2.49. The van der Waals surface area contributed by atoms with Crippen molar-refractivity contribution in [1.29, 1.82) is 0 Å². The van der Waals surface area contributed by atoms with Gasteiger partial charge in [0.2, 0.25) is 5.13 Å². The maximum absolute atomic E-state index is 11.8. The van der Waals surface area contributed by atoms with Crippen molar-refractivity contribution in [2.24, 2.45) is 0 Å². The summed E-state index contributed by atoms with van der Waals surface area (Å²) in [6, 6.07) is 10.9. The number of amides is 1. The lowest BCUT2D eigenvalue weighted by Crippen LogP contribution is -2.10. The van der Waals surface area contributed by atoms with Crippen LogP contribution in [0.4, 0.5) is 5.13 Å². The number of furan rings is 1. The van der Waals surface area contributed by atoms with Gasteiger partial charge in [-0.3, -0.25) is 10.1 Å². The summed E-state index contributed by atoms with van der Waals surface area (Å²) in [4.78, 5) is 16.1. The lowest BCUT2D eigenvalue weighted by molar-refractivity contribution is 0.0996. The van der Waals surface area contributed by atoms with Gasteiger partial charge in [-0.1, -0.05) is 28.1 Å². The number of nitrogens with one attached hydrogen (secondary N) is 1. The quantitative estimate of drug-likeness (QED) is 0.780. The molecule has 7 heteroatoms. The summed E-state index contributed by atoms with van der Waals surface area (Å²) in [5.41, 5.74) is 0.892. The molecule has 5 nitrogen and oxygen atoms in total. The van der Waals surface area contributed by atoms with Gasteiger partial charge < -0.3 is 4.42 Å². The number of carbonyl (C=O) groups excluding carboxylic acids is 1. The van der Waals surface area contributed by atoms with Crippen LogP contribution < -0.4 is 5.32 Å². The summed E-state index contributed by atoms with van der Waals surface area (Å²) in [5.74, 6) is 0.483. The monoisotopic (exact) mass is 349 g/mol. The highest BCUT2D eigenvalue weighted by Crippen LogP contribution is 2.23. The summed E-state index contributed by atoms with van der Waals surface area (Å²) in [6.45, 7) is 0. The molecule has 0 aliphatic rings. The van der Waals surface area contributed by atoms with E-state index < -0.39 is 0 Å². The average Bonchev–Trinajstić information content (AvgIpc) is 3.10. The molecule has 1 amide bonds. The van der Waals surface area contributed by atoms with Crippen molar-refractivity contribution in [3.63, 3.8) is 0 Å². The predicted octanol–water partition coefficient (Wildman–Crippen LogP) is 3.81. The molecular formula is C13H8BrN3O2S. The largest absolute Gasteiger partial charge is 0.459 e. The second-order valence-electron chi connectivity index (χ2n) is 3.86. The van der Waals surface area contributed by atoms with E-state index in [9.17, 15) is 4.79 Å². The van der Waals surface area contributed by atoms with Crippen molar-refractivity contribution in [3.8, 4) is 11.4 Å². The molecule has 0 unspecified atom stereocenters. The first-order valence-electron chi connectivity index (χ1n) is 5.67. The van der Waals surface area contributed by atoms with Gasteiger partial charge in [-0.2, -0.15) is 9.36 Å². The van der Waals surface area contributed by atoms with Gasteiger partial charge in [0, 0.05) is 21.6 Å². The first kappa shape index (κ1) is 13.0. The highest BCUT2D eigenvalue weighted by Gasteiger charge is 2.12. The lowest BCUT2D eigenvalue weighted by atomic mass is 10.2. The topological polar surface area (TPSA) is 68.0 Å². The molecule has 3 rings (SSSR count). The van der Waals surface area contributed by atoms with Gasteiger partial charge in [0.05, 0.1) is 6.26 Å². The highest BCUT2D eigenvalue weighted by molar-refractivity contribution is 9.10. The first-order chi connectivity index (χ1) is 9.72. The second-order valence-corrected chi connectivity index (χ2v) is 5.53. The molecule has 0 fully saturated rings. The summed E-state index contributed by atoms with van der Waals surface area (Å²) in [7, 11) is 0. The Labute approximate surface area is 127 Å². The fourth-order valence-electron chi connectivity index (χ4n) is 1.56. The van der Waals surface area contributed by atoms with E-state index >= 15 is 0 Å². The minimum atomic E-state index is -0.339. The van der Waals surface area contributed by atoms with E-state index in [0.29, 0.717) is 11.0 Å². The minimum Gasteiger partial charge on any atom is -0.459 e. The smallest absolute Gasteiger partial charge is 0.293 e. The van der Waals surface area contributed by atoms with Crippen molar-refractivity contribution in [2.45, 2.75) is 0 Å². The zero-order valence-corrected chi connectivity index (χ0v) is 12.4. The van der Waals surface area contributed by atoms with E-state index in [1.807, 2.05) is 24.3 Å². The number of hydrogen-bond acceptors (Lipinski definition) is 5. The van der Waals surface area contributed by atoms with Crippen LogP contribution in [-0.4, -0.2) is 15.3 Å². The SMILES string of the molecule is O=C(Nc1nc(-c2ccc(Br)cc2)ns1)c1ccco1. The molecule has 0 saturated carbocycles. The van der Waals surface area contributed by atoms with Gasteiger partial charge in [-0.05, 0) is 24.3 Å². The number of benzene rings is 1. The van der Waals surface area contributed by atoms with Crippen molar-refractivity contribution < 1.29 is 9.21 Å². The highest BCUT2D eigenvalue weighted by atomic mass is 79.9. The maximum atomic E-state index is 11.8. The molecule has 1 aromatic carbocycles. The summed E-state index contributed by atoms with van der Waals surface area (Å²) in [6.07, 6.45) is 1.45. The summed E-state index contributed by atoms with van der Waals surface area (Å²) < 4.78 is 10.2. The number of carbonyl (C=O) groups is 1. The molecule has 100 valence electrons. The Balaban J connectivity index is 1.77. The Hall–Kier alpha value is -1.99. The number of rotatable bonds is 3. The number of halogens is 1. The molecule has 0 atom stereocenters. The Morgan fingerprint density at radius 1 is 1.25 bits per heavy atom. The molecule has 0 spiro atoms. The first-order valence-corrected chi connectivity index (χ1v) is 7.23. The van der Waals surface area contributed by atoms with Gasteiger partial charge in [-0.15, -0.1) is 0 Å². The Morgan fingerprint density at radius 3 is 2.75 bits per heavy atom. The van der Waals surface area contributed by atoms with Crippen LogP contribution in [0.25, 0.3) is 11.4 Å². The van der Waals surface area contributed by atoms with Crippen LogP contribution >= 0.6 is 27.5 Å². The summed E-state index contributed by atoms with van der Waals surface area (Å²) in [5, 5.41) is 3.08. The van der Waals surface area contributed by atoms with Crippen molar-refractivity contribution in [3.05, 3.63) is 52.9 Å². The molecule has 2 heterocycles. The fraction of sp³-hybridized carbons (Fsp3) is 0. The third-order valence-corrected chi connectivity index (χ3v) is 3.65. The van der Waals surface area contributed by atoms with E-state index in [2.05, 4.69) is 30.6 Å². The van der Waals surface area contributed by atoms with E-state index in [4.69, 9.17) is 4.42 Å². The third kappa shape index (κ3) is 2.78. The Kier molecular flexibility index (Phi) is 3.62.